The van der Waals surface area contributed by atoms with Crippen LogP contribution in [0.5, 0.6) is 6.01 Å². The Labute approximate surface area is 216 Å². The van der Waals surface area contributed by atoms with Gasteiger partial charge in [0.05, 0.1) is 19.8 Å². The molecular formula is C27H31N5O5. The van der Waals surface area contributed by atoms with Crippen molar-refractivity contribution in [3.63, 3.8) is 0 Å². The van der Waals surface area contributed by atoms with Gasteiger partial charge >= 0.3 is 12.1 Å². The summed E-state index contributed by atoms with van der Waals surface area (Å²) in [6.07, 6.45) is 0.768. The molecule has 0 bridgehead atoms. The number of likely N-dealkylation sites (N-methyl/N-ethyl adjacent to an activating group) is 1. The van der Waals surface area contributed by atoms with Gasteiger partial charge in [-0.1, -0.05) is 42.5 Å². The van der Waals surface area contributed by atoms with Gasteiger partial charge in [0.25, 0.3) is 5.91 Å². The lowest BCUT2D eigenvalue weighted by atomic mass is 10.1. The van der Waals surface area contributed by atoms with E-state index >= 15 is 0 Å². The van der Waals surface area contributed by atoms with Gasteiger partial charge in [0.1, 0.15) is 11.4 Å². The second-order valence-electron chi connectivity index (χ2n) is 8.85. The predicted molar refractivity (Wildman–Crippen MR) is 139 cm³/mol. The average molecular weight is 506 g/mol. The van der Waals surface area contributed by atoms with Crippen LogP contribution >= 0.6 is 0 Å². The number of benzene rings is 2. The van der Waals surface area contributed by atoms with Gasteiger partial charge in [-0.15, -0.1) is 0 Å². The molecule has 10 nitrogen and oxygen atoms in total. The van der Waals surface area contributed by atoms with E-state index in [9.17, 15) is 14.7 Å². The highest BCUT2D eigenvalue weighted by atomic mass is 16.5. The molecule has 37 heavy (non-hydrogen) atoms. The van der Waals surface area contributed by atoms with Gasteiger partial charge in [0.15, 0.2) is 0 Å². The maximum atomic E-state index is 13.4. The molecule has 1 N–H and O–H groups in total. The van der Waals surface area contributed by atoms with Crippen molar-refractivity contribution in [3.05, 3.63) is 77.5 Å². The molecule has 1 atom stereocenters. The Balaban J connectivity index is 1.51. The highest BCUT2D eigenvalue weighted by Gasteiger charge is 2.28. The van der Waals surface area contributed by atoms with Crippen LogP contribution in [0.1, 0.15) is 34.0 Å². The molecule has 10 heteroatoms. The van der Waals surface area contributed by atoms with Crippen molar-refractivity contribution in [1.29, 1.82) is 0 Å². The maximum Gasteiger partial charge on any atom is 0.407 e. The zero-order chi connectivity index (χ0) is 26.4. The van der Waals surface area contributed by atoms with Gasteiger partial charge < -0.3 is 29.3 Å². The summed E-state index contributed by atoms with van der Waals surface area (Å²) in [6.45, 7) is 1.72. The number of nitrogens with zero attached hydrogens (tertiary/aromatic N) is 5. The Morgan fingerprint density at radius 1 is 1.16 bits per heavy atom. The summed E-state index contributed by atoms with van der Waals surface area (Å²) in [6, 6.07) is 17.7. The van der Waals surface area contributed by atoms with E-state index in [1.165, 1.54) is 18.2 Å². The zero-order valence-corrected chi connectivity index (χ0v) is 21.2. The molecule has 2 amide bonds. The lowest BCUT2D eigenvalue weighted by Crippen LogP contribution is -2.33. The molecule has 0 spiro atoms. The SMILES string of the molecule is COc1ncc2c(n1)N(C)CCN(c1cccc(CO[C@H](CCN(C)C(=O)O)c3ccccc3)c1)C2=O. The van der Waals surface area contributed by atoms with Crippen molar-refractivity contribution in [2.24, 2.45) is 0 Å². The normalized spacial score (nSPS) is 14.1. The summed E-state index contributed by atoms with van der Waals surface area (Å²) in [5.41, 5.74) is 3.05. The molecule has 0 fully saturated rings. The largest absolute Gasteiger partial charge is 0.467 e. The number of rotatable bonds is 9. The number of carbonyl (C=O) groups excluding carboxylic acids is 1. The first kappa shape index (κ1) is 25.9. The standard InChI is InChI=1S/C27H31N5O5/c1-30-14-15-32(25(33)22-17-28-26(36-3)29-24(22)30)21-11-7-8-19(16-21)18-37-23(12-13-31(2)27(34)35)20-9-5-4-6-10-20/h4-11,16-17,23H,12-15,18H2,1-3H3,(H,34,35)/t23-/m1/s1. The van der Waals surface area contributed by atoms with E-state index < -0.39 is 6.09 Å². The number of methoxy groups -OCH3 is 1. The summed E-state index contributed by atoms with van der Waals surface area (Å²) in [7, 11) is 4.92. The third-order valence-electron chi connectivity index (χ3n) is 6.32. The monoisotopic (exact) mass is 505 g/mol. The molecule has 0 unspecified atom stereocenters. The average Bonchev–Trinajstić information content (AvgIpc) is 3.04. The van der Waals surface area contributed by atoms with Crippen LogP contribution < -0.4 is 14.5 Å². The fourth-order valence-electron chi connectivity index (χ4n) is 4.18. The number of carbonyl (C=O) groups is 2. The first-order valence-electron chi connectivity index (χ1n) is 12.0. The molecule has 1 aromatic heterocycles. The van der Waals surface area contributed by atoms with E-state index in [1.54, 1.807) is 11.9 Å². The van der Waals surface area contributed by atoms with E-state index in [1.807, 2.05) is 66.5 Å². The van der Waals surface area contributed by atoms with Crippen molar-refractivity contribution in [2.75, 3.05) is 50.6 Å². The highest BCUT2D eigenvalue weighted by molar-refractivity contribution is 6.09. The minimum atomic E-state index is -0.974. The van der Waals surface area contributed by atoms with Crippen LogP contribution in [0, 0.1) is 0 Å². The molecule has 1 aliphatic rings. The van der Waals surface area contributed by atoms with Crippen molar-refractivity contribution < 1.29 is 24.2 Å². The number of aromatic nitrogens is 2. The number of hydrogen-bond donors (Lipinski definition) is 1. The third-order valence-corrected chi connectivity index (χ3v) is 6.32. The highest BCUT2D eigenvalue weighted by Crippen LogP contribution is 2.28. The molecule has 0 saturated carbocycles. The van der Waals surface area contributed by atoms with Gasteiger partial charge in [-0.3, -0.25) is 4.79 Å². The van der Waals surface area contributed by atoms with E-state index in [2.05, 4.69) is 9.97 Å². The number of anilines is 2. The Hall–Kier alpha value is -4.18. The van der Waals surface area contributed by atoms with E-state index in [-0.39, 0.29) is 18.0 Å². The van der Waals surface area contributed by atoms with Crippen molar-refractivity contribution in [1.82, 2.24) is 14.9 Å². The van der Waals surface area contributed by atoms with Crippen LogP contribution in [-0.4, -0.2) is 72.8 Å². The molecule has 194 valence electrons. The zero-order valence-electron chi connectivity index (χ0n) is 21.2. The fraction of sp³-hybridized carbons (Fsp3) is 0.333. The Kier molecular flexibility index (Phi) is 8.19. The van der Waals surface area contributed by atoms with Gasteiger partial charge in [-0.25, -0.2) is 9.78 Å². The maximum absolute atomic E-state index is 13.4. The first-order valence-corrected chi connectivity index (χ1v) is 12.0. The van der Waals surface area contributed by atoms with E-state index in [0.29, 0.717) is 44.0 Å². The smallest absolute Gasteiger partial charge is 0.407 e. The van der Waals surface area contributed by atoms with Crippen LogP contribution in [0.4, 0.5) is 16.3 Å². The minimum Gasteiger partial charge on any atom is -0.467 e. The van der Waals surface area contributed by atoms with Gasteiger partial charge in [0.2, 0.25) is 0 Å². The summed E-state index contributed by atoms with van der Waals surface area (Å²) < 4.78 is 11.4. The number of carboxylic acid groups (broad SMARTS) is 1. The number of ether oxygens (including phenoxy) is 2. The molecule has 0 radical (unpaired) electrons. The fourth-order valence-corrected chi connectivity index (χ4v) is 4.18. The summed E-state index contributed by atoms with van der Waals surface area (Å²) in [5.74, 6) is 0.356. The molecule has 2 aromatic carbocycles. The Morgan fingerprint density at radius 3 is 2.68 bits per heavy atom. The van der Waals surface area contributed by atoms with Gasteiger partial charge in [-0.05, 0) is 29.7 Å². The van der Waals surface area contributed by atoms with Crippen LogP contribution in [0.2, 0.25) is 0 Å². The first-order chi connectivity index (χ1) is 17.9. The number of amides is 2. The summed E-state index contributed by atoms with van der Waals surface area (Å²) in [4.78, 5) is 38.1. The molecular weight excluding hydrogens is 474 g/mol. The van der Waals surface area contributed by atoms with Crippen LogP contribution in [0.15, 0.2) is 60.8 Å². The van der Waals surface area contributed by atoms with Crippen molar-refractivity contribution in [2.45, 2.75) is 19.1 Å². The van der Waals surface area contributed by atoms with Crippen molar-refractivity contribution >= 4 is 23.5 Å². The Bertz CT molecular complexity index is 1240. The molecule has 3 aromatic rings. The van der Waals surface area contributed by atoms with Crippen molar-refractivity contribution in [3.8, 4) is 6.01 Å². The lowest BCUT2D eigenvalue weighted by Gasteiger charge is -2.23. The molecule has 2 heterocycles. The third kappa shape index (κ3) is 6.15. The topological polar surface area (TPSA) is 108 Å². The summed E-state index contributed by atoms with van der Waals surface area (Å²) >= 11 is 0. The molecule has 0 saturated heterocycles. The molecule has 0 aliphatic carbocycles. The van der Waals surface area contributed by atoms with Crippen LogP contribution in [0.3, 0.4) is 0 Å². The number of fused-ring (bicyclic) bond motifs is 1. The molecule has 4 rings (SSSR count). The van der Waals surface area contributed by atoms with Crippen LogP contribution in [-0.2, 0) is 11.3 Å². The lowest BCUT2D eigenvalue weighted by molar-refractivity contribution is 0.0288. The van der Waals surface area contributed by atoms with Crippen LogP contribution in [0.25, 0.3) is 0 Å². The van der Waals surface area contributed by atoms with Gasteiger partial charge in [0, 0.05) is 45.6 Å². The summed E-state index contributed by atoms with van der Waals surface area (Å²) in [5, 5.41) is 9.21. The van der Waals surface area contributed by atoms with Gasteiger partial charge in [-0.2, -0.15) is 4.98 Å². The Morgan fingerprint density at radius 2 is 1.95 bits per heavy atom. The number of hydrogen-bond acceptors (Lipinski definition) is 7. The minimum absolute atomic E-state index is 0.182. The second-order valence-corrected chi connectivity index (χ2v) is 8.85. The predicted octanol–water partition coefficient (Wildman–Crippen LogP) is 3.84. The second kappa shape index (κ2) is 11.7. The van der Waals surface area contributed by atoms with E-state index in [4.69, 9.17) is 9.47 Å². The molecule has 1 aliphatic heterocycles. The van der Waals surface area contributed by atoms with E-state index in [0.717, 1.165) is 16.8 Å². The quantitative estimate of drug-likeness (QED) is 0.467.